The number of hydrogen-bond donors (Lipinski definition) is 1. The van der Waals surface area contributed by atoms with E-state index in [1.54, 1.807) is 0 Å². The number of nitrogens with one attached hydrogen (secondary N) is 1. The van der Waals surface area contributed by atoms with Crippen molar-refractivity contribution >= 4 is 17.4 Å². The number of rotatable bonds is 2. The maximum Gasteiger partial charge on any atom is 0.0273 e. The van der Waals surface area contributed by atoms with E-state index in [-0.39, 0.29) is 0 Å². The molecule has 1 aliphatic heterocycles. The topological polar surface area (TPSA) is 12.0 Å². The largest absolute Gasteiger partial charge is 0.309 e. The Morgan fingerprint density at radius 1 is 1.50 bits per heavy atom. The molecule has 0 saturated carbocycles. The lowest BCUT2D eigenvalue weighted by Gasteiger charge is -2.17. The Morgan fingerprint density at radius 2 is 2.33 bits per heavy atom. The van der Waals surface area contributed by atoms with Gasteiger partial charge in [-0.1, -0.05) is 6.92 Å². The predicted molar refractivity (Wildman–Crippen MR) is 54.5 cm³/mol. The van der Waals surface area contributed by atoms with Crippen LogP contribution in [0.25, 0.3) is 6.08 Å². The van der Waals surface area contributed by atoms with E-state index in [1.807, 2.05) is 11.3 Å². The van der Waals surface area contributed by atoms with Crippen LogP contribution in [0, 0.1) is 0 Å². The Balaban J connectivity index is 2.12. The quantitative estimate of drug-likeness (QED) is 0.734. The first-order chi connectivity index (χ1) is 5.88. The van der Waals surface area contributed by atoms with E-state index >= 15 is 0 Å². The highest BCUT2D eigenvalue weighted by molar-refractivity contribution is 7.12. The van der Waals surface area contributed by atoms with Crippen LogP contribution in [0.15, 0.2) is 17.7 Å². The van der Waals surface area contributed by atoms with E-state index in [2.05, 4.69) is 30.4 Å². The van der Waals surface area contributed by atoms with Crippen LogP contribution in [-0.4, -0.2) is 13.1 Å². The van der Waals surface area contributed by atoms with Crippen molar-refractivity contribution in [2.24, 2.45) is 0 Å². The molecule has 1 aromatic rings. The summed E-state index contributed by atoms with van der Waals surface area (Å²) in [5.74, 6) is 0. The van der Waals surface area contributed by atoms with Gasteiger partial charge in [0.1, 0.15) is 0 Å². The van der Waals surface area contributed by atoms with Crippen molar-refractivity contribution in [1.29, 1.82) is 0 Å². The first-order valence-electron chi connectivity index (χ1n) is 4.37. The molecule has 0 bridgehead atoms. The van der Waals surface area contributed by atoms with Gasteiger partial charge in [-0.2, -0.15) is 0 Å². The first kappa shape index (κ1) is 8.02. The molecule has 0 aliphatic carbocycles. The molecule has 1 N–H and O–H groups in total. The van der Waals surface area contributed by atoms with Gasteiger partial charge in [0.15, 0.2) is 0 Å². The highest BCUT2D eigenvalue weighted by Gasteiger charge is 2.06. The van der Waals surface area contributed by atoms with Gasteiger partial charge < -0.3 is 5.32 Å². The molecule has 1 aromatic heterocycles. The van der Waals surface area contributed by atoms with E-state index in [0.717, 1.165) is 19.5 Å². The van der Waals surface area contributed by atoms with Gasteiger partial charge >= 0.3 is 0 Å². The lowest BCUT2D eigenvalue weighted by molar-refractivity contribution is 0.675. The second kappa shape index (κ2) is 3.42. The Kier molecular flexibility index (Phi) is 2.28. The van der Waals surface area contributed by atoms with Crippen LogP contribution in [0.4, 0.5) is 0 Å². The van der Waals surface area contributed by atoms with Crippen molar-refractivity contribution in [2.75, 3.05) is 13.1 Å². The van der Waals surface area contributed by atoms with E-state index in [4.69, 9.17) is 0 Å². The molecular weight excluding hydrogens is 166 g/mol. The minimum Gasteiger partial charge on any atom is -0.309 e. The molecule has 1 saturated heterocycles. The number of hydrogen-bond acceptors (Lipinski definition) is 2. The molecule has 0 unspecified atom stereocenters. The van der Waals surface area contributed by atoms with E-state index in [0.29, 0.717) is 0 Å². The highest BCUT2D eigenvalue weighted by Crippen LogP contribution is 2.20. The van der Waals surface area contributed by atoms with Crippen LogP contribution in [-0.2, 0) is 6.42 Å². The normalized spacial score (nSPS) is 15.9. The summed E-state index contributed by atoms with van der Waals surface area (Å²) in [7, 11) is 0. The number of thiophene rings is 1. The van der Waals surface area contributed by atoms with Crippen LogP contribution in [0.3, 0.4) is 0 Å². The summed E-state index contributed by atoms with van der Waals surface area (Å²) in [4.78, 5) is 2.89. The minimum atomic E-state index is 1.08. The third-order valence-corrected chi connectivity index (χ3v) is 3.26. The van der Waals surface area contributed by atoms with Crippen molar-refractivity contribution in [1.82, 2.24) is 5.32 Å². The maximum absolute atomic E-state index is 3.24. The molecule has 64 valence electrons. The summed E-state index contributed by atoms with van der Waals surface area (Å²) in [6, 6.07) is 4.44. The first-order valence-corrected chi connectivity index (χ1v) is 5.19. The van der Waals surface area contributed by atoms with Crippen LogP contribution >= 0.6 is 11.3 Å². The molecule has 0 spiro atoms. The van der Waals surface area contributed by atoms with Crippen molar-refractivity contribution in [3.05, 3.63) is 27.5 Å². The average Bonchev–Trinajstić information content (AvgIpc) is 2.44. The fourth-order valence-electron chi connectivity index (χ4n) is 1.23. The van der Waals surface area contributed by atoms with Crippen LogP contribution in [0.2, 0.25) is 0 Å². The summed E-state index contributed by atoms with van der Waals surface area (Å²) in [5.41, 5.74) is 1.53. The van der Waals surface area contributed by atoms with Crippen LogP contribution in [0.5, 0.6) is 0 Å². The fraction of sp³-hybridized carbons (Fsp3) is 0.400. The second-order valence-electron chi connectivity index (χ2n) is 3.06. The molecule has 1 aliphatic rings. The third kappa shape index (κ3) is 1.59. The van der Waals surface area contributed by atoms with Crippen LogP contribution in [0.1, 0.15) is 16.7 Å². The Labute approximate surface area is 77.1 Å². The van der Waals surface area contributed by atoms with Gasteiger partial charge in [0.25, 0.3) is 0 Å². The molecule has 0 atom stereocenters. The molecule has 0 aromatic carbocycles. The molecule has 2 heteroatoms. The zero-order valence-electron chi connectivity index (χ0n) is 7.26. The van der Waals surface area contributed by atoms with Crippen molar-refractivity contribution < 1.29 is 0 Å². The van der Waals surface area contributed by atoms with Gasteiger partial charge in [0.05, 0.1) is 0 Å². The standard InChI is InChI=1S/C10H13NS/c1-2-9-3-4-10(12-9)5-8-6-11-7-8/h3-5,11H,2,6-7H2,1H3. The Bertz CT molecular complexity index is 293. The average molecular weight is 179 g/mol. The van der Waals surface area contributed by atoms with E-state index < -0.39 is 0 Å². The molecule has 1 nitrogen and oxygen atoms in total. The van der Waals surface area contributed by atoms with Gasteiger partial charge in [-0.25, -0.2) is 0 Å². The second-order valence-corrected chi connectivity index (χ2v) is 4.26. The lowest BCUT2D eigenvalue weighted by atomic mass is 10.1. The summed E-state index contributed by atoms with van der Waals surface area (Å²) in [5, 5.41) is 3.24. The lowest BCUT2D eigenvalue weighted by Crippen LogP contribution is -2.33. The molecule has 0 amide bonds. The summed E-state index contributed by atoms with van der Waals surface area (Å²) in [6.07, 6.45) is 3.46. The van der Waals surface area contributed by atoms with Gasteiger partial charge in [-0.05, 0) is 30.2 Å². The van der Waals surface area contributed by atoms with Gasteiger partial charge in [-0.3, -0.25) is 0 Å². The summed E-state index contributed by atoms with van der Waals surface area (Å²) >= 11 is 1.91. The van der Waals surface area contributed by atoms with Crippen molar-refractivity contribution in [3.8, 4) is 0 Å². The maximum atomic E-state index is 3.24. The van der Waals surface area contributed by atoms with E-state index in [1.165, 1.54) is 15.3 Å². The molecule has 2 heterocycles. The van der Waals surface area contributed by atoms with Crippen molar-refractivity contribution in [3.63, 3.8) is 0 Å². The monoisotopic (exact) mass is 179 g/mol. The zero-order chi connectivity index (χ0) is 8.39. The SMILES string of the molecule is CCc1ccc(C=C2CNC2)s1. The zero-order valence-corrected chi connectivity index (χ0v) is 8.08. The minimum absolute atomic E-state index is 1.08. The fourth-order valence-corrected chi connectivity index (χ4v) is 2.18. The molecular formula is C10H13NS. The van der Waals surface area contributed by atoms with Gasteiger partial charge in [0.2, 0.25) is 0 Å². The molecule has 1 fully saturated rings. The third-order valence-electron chi connectivity index (χ3n) is 2.08. The Morgan fingerprint density at radius 3 is 2.83 bits per heavy atom. The molecule has 12 heavy (non-hydrogen) atoms. The number of aryl methyl sites for hydroxylation is 1. The molecule has 2 rings (SSSR count). The highest BCUT2D eigenvalue weighted by atomic mass is 32.1. The van der Waals surface area contributed by atoms with Gasteiger partial charge in [0, 0.05) is 22.8 Å². The van der Waals surface area contributed by atoms with Crippen LogP contribution < -0.4 is 5.32 Å². The van der Waals surface area contributed by atoms with Crippen molar-refractivity contribution in [2.45, 2.75) is 13.3 Å². The summed E-state index contributed by atoms with van der Waals surface area (Å²) in [6.45, 7) is 4.37. The smallest absolute Gasteiger partial charge is 0.0273 e. The Hall–Kier alpha value is -0.600. The molecule has 0 radical (unpaired) electrons. The van der Waals surface area contributed by atoms with Gasteiger partial charge in [-0.15, -0.1) is 11.3 Å². The van der Waals surface area contributed by atoms with E-state index in [9.17, 15) is 0 Å². The predicted octanol–water partition coefficient (Wildman–Crippen LogP) is 2.30. The summed E-state index contributed by atoms with van der Waals surface area (Å²) < 4.78 is 0.